The highest BCUT2D eigenvalue weighted by molar-refractivity contribution is 5.01. The molecule has 0 aromatic rings. The zero-order chi connectivity index (χ0) is 12.7. The van der Waals surface area contributed by atoms with E-state index in [-0.39, 0.29) is 0 Å². The Balaban J connectivity index is 1.22. The van der Waals surface area contributed by atoms with Gasteiger partial charge in [0.15, 0.2) is 0 Å². The van der Waals surface area contributed by atoms with Gasteiger partial charge in [0.25, 0.3) is 0 Å². The van der Waals surface area contributed by atoms with Gasteiger partial charge in [0, 0.05) is 12.6 Å². The van der Waals surface area contributed by atoms with E-state index < -0.39 is 0 Å². The van der Waals surface area contributed by atoms with Gasteiger partial charge in [-0.1, -0.05) is 12.8 Å². The molecule has 0 saturated heterocycles. The first-order chi connectivity index (χ1) is 9.38. The normalized spacial score (nSPS) is 45.2. The fourth-order valence-corrected chi connectivity index (χ4v) is 5.76. The maximum atomic E-state index is 5.98. The summed E-state index contributed by atoms with van der Waals surface area (Å²) >= 11 is 0. The molecule has 19 heavy (non-hydrogen) atoms. The molecule has 5 aliphatic carbocycles. The van der Waals surface area contributed by atoms with Crippen LogP contribution in [0.5, 0.6) is 0 Å². The van der Waals surface area contributed by atoms with Crippen molar-refractivity contribution >= 4 is 0 Å². The molecule has 0 unspecified atom stereocenters. The first kappa shape index (κ1) is 12.6. The summed E-state index contributed by atoms with van der Waals surface area (Å²) < 4.78 is 5.98. The summed E-state index contributed by atoms with van der Waals surface area (Å²) in [5.74, 6) is 4.19. The van der Waals surface area contributed by atoms with E-state index in [1.807, 2.05) is 0 Å². The summed E-state index contributed by atoms with van der Waals surface area (Å²) in [4.78, 5) is 0. The van der Waals surface area contributed by atoms with Crippen molar-refractivity contribution in [1.29, 1.82) is 0 Å². The second kappa shape index (κ2) is 5.37. The Bertz CT molecular complexity index is 282. The molecule has 108 valence electrons. The fraction of sp³-hybridized carbons (Fsp3) is 1.00. The zero-order valence-corrected chi connectivity index (χ0v) is 12.2. The van der Waals surface area contributed by atoms with Crippen molar-refractivity contribution in [3.8, 4) is 0 Å². The van der Waals surface area contributed by atoms with E-state index in [0.29, 0.717) is 6.10 Å². The van der Waals surface area contributed by atoms with Gasteiger partial charge in [0.1, 0.15) is 0 Å². The second-order valence-electron chi connectivity index (χ2n) is 7.69. The lowest BCUT2D eigenvalue weighted by Gasteiger charge is -2.54. The Morgan fingerprint density at radius 1 is 0.842 bits per heavy atom. The predicted molar refractivity (Wildman–Crippen MR) is 77.0 cm³/mol. The van der Waals surface area contributed by atoms with Gasteiger partial charge >= 0.3 is 0 Å². The van der Waals surface area contributed by atoms with E-state index in [1.54, 1.807) is 6.42 Å². The van der Waals surface area contributed by atoms with Crippen LogP contribution in [-0.2, 0) is 4.74 Å². The summed E-state index contributed by atoms with van der Waals surface area (Å²) in [7, 11) is 0. The Morgan fingerprint density at radius 3 is 2.11 bits per heavy atom. The quantitative estimate of drug-likeness (QED) is 0.768. The fourth-order valence-electron chi connectivity index (χ4n) is 5.76. The molecule has 5 aliphatic rings. The molecule has 2 heteroatoms. The molecular weight excluding hydrogens is 234 g/mol. The third-order valence-corrected chi connectivity index (χ3v) is 6.36. The van der Waals surface area contributed by atoms with E-state index in [4.69, 9.17) is 4.74 Å². The van der Waals surface area contributed by atoms with Crippen molar-refractivity contribution in [1.82, 2.24) is 5.32 Å². The number of hydrogen-bond donors (Lipinski definition) is 1. The van der Waals surface area contributed by atoms with Crippen LogP contribution < -0.4 is 5.32 Å². The first-order valence-electron chi connectivity index (χ1n) is 8.73. The lowest BCUT2D eigenvalue weighted by Crippen LogP contribution is -2.55. The SMILES string of the molecule is C1CCC(OCCNC2C3CC4CC(C3)CC2C4)C1. The van der Waals surface area contributed by atoms with Crippen LogP contribution in [0.1, 0.15) is 57.8 Å². The Kier molecular flexibility index (Phi) is 3.57. The van der Waals surface area contributed by atoms with Crippen LogP contribution >= 0.6 is 0 Å². The van der Waals surface area contributed by atoms with Crippen molar-refractivity contribution in [2.45, 2.75) is 69.9 Å². The highest BCUT2D eigenvalue weighted by atomic mass is 16.5. The van der Waals surface area contributed by atoms with Gasteiger partial charge in [-0.05, 0) is 68.6 Å². The van der Waals surface area contributed by atoms with E-state index in [0.717, 1.165) is 42.9 Å². The van der Waals surface area contributed by atoms with Crippen molar-refractivity contribution in [2.75, 3.05) is 13.2 Å². The summed E-state index contributed by atoms with van der Waals surface area (Å²) in [6, 6.07) is 0.833. The van der Waals surface area contributed by atoms with Crippen LogP contribution in [0, 0.1) is 23.7 Å². The summed E-state index contributed by atoms with van der Waals surface area (Å²) in [6.45, 7) is 2.02. The van der Waals surface area contributed by atoms with Crippen molar-refractivity contribution in [3.05, 3.63) is 0 Å². The molecule has 0 aliphatic heterocycles. The van der Waals surface area contributed by atoms with Gasteiger partial charge in [-0.3, -0.25) is 0 Å². The number of rotatable bonds is 5. The maximum absolute atomic E-state index is 5.98. The lowest BCUT2D eigenvalue weighted by atomic mass is 9.54. The monoisotopic (exact) mass is 263 g/mol. The molecule has 0 amide bonds. The minimum Gasteiger partial charge on any atom is -0.377 e. The van der Waals surface area contributed by atoms with Crippen molar-refractivity contribution < 1.29 is 4.74 Å². The van der Waals surface area contributed by atoms with E-state index in [2.05, 4.69) is 5.32 Å². The van der Waals surface area contributed by atoms with Crippen LogP contribution in [0.4, 0.5) is 0 Å². The third-order valence-electron chi connectivity index (χ3n) is 6.36. The predicted octanol–water partition coefficient (Wildman–Crippen LogP) is 3.36. The van der Waals surface area contributed by atoms with Crippen molar-refractivity contribution in [2.24, 2.45) is 23.7 Å². The first-order valence-corrected chi connectivity index (χ1v) is 8.73. The number of hydrogen-bond acceptors (Lipinski definition) is 2. The summed E-state index contributed by atoms with van der Waals surface area (Å²) in [5, 5.41) is 3.86. The molecule has 5 rings (SSSR count). The third kappa shape index (κ3) is 2.58. The number of nitrogens with one attached hydrogen (secondary N) is 1. The topological polar surface area (TPSA) is 21.3 Å². The van der Waals surface area contributed by atoms with Gasteiger partial charge < -0.3 is 10.1 Å². The molecule has 0 atom stereocenters. The minimum absolute atomic E-state index is 0.584. The molecule has 0 heterocycles. The van der Waals surface area contributed by atoms with Gasteiger partial charge in [-0.25, -0.2) is 0 Å². The molecule has 0 spiro atoms. The van der Waals surface area contributed by atoms with Crippen LogP contribution in [0.3, 0.4) is 0 Å². The molecule has 0 aromatic heterocycles. The minimum atomic E-state index is 0.584. The molecular formula is C17H29NO. The van der Waals surface area contributed by atoms with Gasteiger partial charge in [0.2, 0.25) is 0 Å². The van der Waals surface area contributed by atoms with Crippen LogP contribution in [0.15, 0.2) is 0 Å². The van der Waals surface area contributed by atoms with Gasteiger partial charge in [0.05, 0.1) is 12.7 Å². The maximum Gasteiger partial charge on any atom is 0.0594 e. The van der Waals surface area contributed by atoms with E-state index in [1.165, 1.54) is 51.4 Å². The molecule has 4 bridgehead atoms. The lowest BCUT2D eigenvalue weighted by molar-refractivity contribution is -0.0183. The second-order valence-corrected chi connectivity index (χ2v) is 7.69. The molecule has 1 N–H and O–H groups in total. The molecule has 0 radical (unpaired) electrons. The van der Waals surface area contributed by atoms with Crippen LogP contribution in [-0.4, -0.2) is 25.3 Å². The van der Waals surface area contributed by atoms with Gasteiger partial charge in [-0.2, -0.15) is 0 Å². The Hall–Kier alpha value is -0.0800. The Labute approximate surface area is 117 Å². The molecule has 2 nitrogen and oxygen atoms in total. The number of ether oxygens (including phenoxy) is 1. The van der Waals surface area contributed by atoms with Gasteiger partial charge in [-0.15, -0.1) is 0 Å². The smallest absolute Gasteiger partial charge is 0.0594 e. The summed E-state index contributed by atoms with van der Waals surface area (Å²) in [6.07, 6.45) is 13.6. The summed E-state index contributed by atoms with van der Waals surface area (Å²) in [5.41, 5.74) is 0. The van der Waals surface area contributed by atoms with E-state index in [9.17, 15) is 0 Å². The van der Waals surface area contributed by atoms with E-state index >= 15 is 0 Å². The molecule has 5 saturated carbocycles. The average molecular weight is 263 g/mol. The Morgan fingerprint density at radius 2 is 1.47 bits per heavy atom. The standard InChI is InChI=1S/C17H29NO/c1-2-4-16(3-1)19-6-5-18-17-14-8-12-7-13(10-14)11-15(17)9-12/h12-18H,1-11H2. The zero-order valence-electron chi connectivity index (χ0n) is 12.2. The van der Waals surface area contributed by atoms with Crippen LogP contribution in [0.2, 0.25) is 0 Å². The largest absolute Gasteiger partial charge is 0.377 e. The highest BCUT2D eigenvalue weighted by Gasteiger charge is 2.47. The highest BCUT2D eigenvalue weighted by Crippen LogP contribution is 2.53. The van der Waals surface area contributed by atoms with Crippen molar-refractivity contribution in [3.63, 3.8) is 0 Å². The molecule has 0 aromatic carbocycles. The average Bonchev–Trinajstić information content (AvgIpc) is 2.89. The van der Waals surface area contributed by atoms with Crippen LogP contribution in [0.25, 0.3) is 0 Å². The molecule has 5 fully saturated rings.